The normalized spacial score (nSPS) is 19.2. The summed E-state index contributed by atoms with van der Waals surface area (Å²) < 4.78 is 0. The van der Waals surface area contributed by atoms with E-state index in [1.807, 2.05) is 6.20 Å². The monoisotopic (exact) mass is 171 g/mol. The molecule has 2 aromatic rings. The molecule has 1 aliphatic carbocycles. The second-order valence-corrected chi connectivity index (χ2v) is 4.34. The minimum Gasteiger partial charge on any atom is -0.361 e. The van der Waals surface area contributed by atoms with Gasteiger partial charge in [-0.15, -0.1) is 0 Å². The maximum atomic E-state index is 3.26. The van der Waals surface area contributed by atoms with Crippen molar-refractivity contribution in [1.82, 2.24) is 4.98 Å². The fourth-order valence-corrected chi connectivity index (χ4v) is 1.90. The molecule has 1 aliphatic rings. The second kappa shape index (κ2) is 2.16. The van der Waals surface area contributed by atoms with Crippen molar-refractivity contribution in [3.63, 3.8) is 0 Å². The van der Waals surface area contributed by atoms with Gasteiger partial charge < -0.3 is 4.98 Å². The van der Waals surface area contributed by atoms with Crippen molar-refractivity contribution >= 4 is 10.9 Å². The number of H-pyrrole nitrogens is 1. The molecule has 1 nitrogen and oxygen atoms in total. The van der Waals surface area contributed by atoms with Crippen molar-refractivity contribution in [3.05, 3.63) is 36.0 Å². The van der Waals surface area contributed by atoms with Crippen molar-refractivity contribution in [2.75, 3.05) is 0 Å². The zero-order valence-electron chi connectivity index (χ0n) is 7.80. The van der Waals surface area contributed by atoms with E-state index in [1.54, 1.807) is 0 Å². The summed E-state index contributed by atoms with van der Waals surface area (Å²) in [5.41, 5.74) is 3.24. The molecule has 1 saturated carbocycles. The van der Waals surface area contributed by atoms with E-state index in [-0.39, 0.29) is 0 Å². The van der Waals surface area contributed by atoms with Gasteiger partial charge in [-0.2, -0.15) is 0 Å². The van der Waals surface area contributed by atoms with Crippen molar-refractivity contribution in [2.45, 2.75) is 25.2 Å². The lowest BCUT2D eigenvalue weighted by atomic mass is 9.98. The molecule has 1 heteroatoms. The Morgan fingerprint density at radius 3 is 2.85 bits per heavy atom. The first-order chi connectivity index (χ1) is 6.28. The van der Waals surface area contributed by atoms with Crippen LogP contribution in [-0.4, -0.2) is 4.98 Å². The smallest absolute Gasteiger partial charge is 0.0456 e. The Morgan fingerprint density at radius 2 is 2.08 bits per heavy atom. The summed E-state index contributed by atoms with van der Waals surface area (Å²) in [6.45, 7) is 2.34. The predicted octanol–water partition coefficient (Wildman–Crippen LogP) is 3.22. The van der Waals surface area contributed by atoms with E-state index >= 15 is 0 Å². The summed E-state index contributed by atoms with van der Waals surface area (Å²) in [5, 5.41) is 1.31. The lowest BCUT2D eigenvalue weighted by Gasteiger charge is -2.07. The third-order valence-electron chi connectivity index (χ3n) is 3.25. The highest BCUT2D eigenvalue weighted by molar-refractivity contribution is 5.80. The van der Waals surface area contributed by atoms with Gasteiger partial charge in [-0.05, 0) is 41.3 Å². The molecule has 1 N–H and O–H groups in total. The third kappa shape index (κ3) is 0.998. The Bertz CT molecular complexity index is 449. The Labute approximate surface area is 77.8 Å². The molecule has 1 aromatic carbocycles. The molecule has 66 valence electrons. The van der Waals surface area contributed by atoms with Crippen LogP contribution < -0.4 is 0 Å². The number of fused-ring (bicyclic) bond motifs is 1. The van der Waals surface area contributed by atoms with Gasteiger partial charge in [0.25, 0.3) is 0 Å². The number of hydrogen-bond donors (Lipinski definition) is 1. The second-order valence-electron chi connectivity index (χ2n) is 4.34. The minimum atomic E-state index is 0.485. The molecular weight excluding hydrogens is 158 g/mol. The van der Waals surface area contributed by atoms with E-state index < -0.39 is 0 Å². The first kappa shape index (κ1) is 7.19. The lowest BCUT2D eigenvalue weighted by Crippen LogP contribution is -1.98. The summed E-state index contributed by atoms with van der Waals surface area (Å²) >= 11 is 0. The molecular formula is C12H13N. The van der Waals surface area contributed by atoms with Crippen molar-refractivity contribution in [3.8, 4) is 0 Å². The SMILES string of the molecule is CC1(c2ccc3cc[nH]c3c2)CC1. The van der Waals surface area contributed by atoms with Gasteiger partial charge in [0.15, 0.2) is 0 Å². The fourth-order valence-electron chi connectivity index (χ4n) is 1.90. The third-order valence-corrected chi connectivity index (χ3v) is 3.25. The Hall–Kier alpha value is -1.24. The van der Waals surface area contributed by atoms with Crippen LogP contribution in [-0.2, 0) is 5.41 Å². The average molecular weight is 171 g/mol. The van der Waals surface area contributed by atoms with Gasteiger partial charge in [0.05, 0.1) is 0 Å². The quantitative estimate of drug-likeness (QED) is 0.678. The van der Waals surface area contributed by atoms with E-state index in [4.69, 9.17) is 0 Å². The van der Waals surface area contributed by atoms with Crippen molar-refractivity contribution in [1.29, 1.82) is 0 Å². The molecule has 0 unspecified atom stereocenters. The molecule has 3 rings (SSSR count). The number of benzene rings is 1. The Kier molecular flexibility index (Phi) is 1.20. The van der Waals surface area contributed by atoms with Gasteiger partial charge in [-0.1, -0.05) is 19.1 Å². The highest BCUT2D eigenvalue weighted by Crippen LogP contribution is 2.47. The van der Waals surface area contributed by atoms with E-state index in [0.717, 1.165) is 0 Å². The number of nitrogens with one attached hydrogen (secondary N) is 1. The molecule has 1 fully saturated rings. The van der Waals surface area contributed by atoms with Gasteiger partial charge in [-0.25, -0.2) is 0 Å². The van der Waals surface area contributed by atoms with Crippen molar-refractivity contribution in [2.24, 2.45) is 0 Å². The first-order valence-corrected chi connectivity index (χ1v) is 4.86. The van der Waals surface area contributed by atoms with E-state index in [1.165, 1.54) is 29.3 Å². The molecule has 1 aromatic heterocycles. The summed E-state index contributed by atoms with van der Waals surface area (Å²) in [5.74, 6) is 0. The minimum absolute atomic E-state index is 0.485. The highest BCUT2D eigenvalue weighted by atomic mass is 14.7. The maximum absolute atomic E-state index is 3.26. The molecule has 0 aliphatic heterocycles. The topological polar surface area (TPSA) is 15.8 Å². The van der Waals surface area contributed by atoms with Gasteiger partial charge >= 0.3 is 0 Å². The molecule has 1 heterocycles. The van der Waals surface area contributed by atoms with Gasteiger partial charge in [0.1, 0.15) is 0 Å². The molecule has 0 saturated heterocycles. The number of hydrogen-bond acceptors (Lipinski definition) is 0. The average Bonchev–Trinajstić information content (AvgIpc) is 2.74. The van der Waals surface area contributed by atoms with Gasteiger partial charge in [0, 0.05) is 11.7 Å². The van der Waals surface area contributed by atoms with Crippen LogP contribution >= 0.6 is 0 Å². The molecule has 0 amide bonds. The summed E-state index contributed by atoms with van der Waals surface area (Å²) in [7, 11) is 0. The maximum Gasteiger partial charge on any atom is 0.0456 e. The molecule has 0 atom stereocenters. The summed E-state index contributed by atoms with van der Waals surface area (Å²) in [4.78, 5) is 3.26. The van der Waals surface area contributed by atoms with Gasteiger partial charge in [0.2, 0.25) is 0 Å². The standard InChI is InChI=1S/C12H13N/c1-12(5-6-12)10-3-2-9-4-7-13-11(9)8-10/h2-4,7-8,13H,5-6H2,1H3. The largest absolute Gasteiger partial charge is 0.361 e. The fraction of sp³-hybridized carbons (Fsp3) is 0.333. The summed E-state index contributed by atoms with van der Waals surface area (Å²) in [6, 6.07) is 8.89. The van der Waals surface area contributed by atoms with E-state index in [0.29, 0.717) is 5.41 Å². The highest BCUT2D eigenvalue weighted by Gasteiger charge is 2.38. The van der Waals surface area contributed by atoms with Crippen LogP contribution in [0, 0.1) is 0 Å². The molecule has 0 radical (unpaired) electrons. The Morgan fingerprint density at radius 1 is 1.23 bits per heavy atom. The molecule has 0 bridgehead atoms. The van der Waals surface area contributed by atoms with Crippen LogP contribution in [0.25, 0.3) is 10.9 Å². The van der Waals surface area contributed by atoms with Crippen LogP contribution in [0.3, 0.4) is 0 Å². The van der Waals surface area contributed by atoms with Crippen LogP contribution in [0.15, 0.2) is 30.5 Å². The first-order valence-electron chi connectivity index (χ1n) is 4.86. The van der Waals surface area contributed by atoms with Crippen LogP contribution in [0.4, 0.5) is 0 Å². The Balaban J connectivity index is 2.20. The zero-order chi connectivity index (χ0) is 8.89. The predicted molar refractivity (Wildman–Crippen MR) is 54.9 cm³/mol. The van der Waals surface area contributed by atoms with Crippen molar-refractivity contribution < 1.29 is 0 Å². The van der Waals surface area contributed by atoms with Crippen LogP contribution in [0.1, 0.15) is 25.3 Å². The van der Waals surface area contributed by atoms with Crippen LogP contribution in [0.5, 0.6) is 0 Å². The molecule has 13 heavy (non-hydrogen) atoms. The summed E-state index contributed by atoms with van der Waals surface area (Å²) in [6.07, 6.45) is 4.70. The lowest BCUT2D eigenvalue weighted by molar-refractivity contribution is 0.789. The molecule has 0 spiro atoms. The number of aromatic nitrogens is 1. The number of rotatable bonds is 1. The zero-order valence-corrected chi connectivity index (χ0v) is 7.80. The van der Waals surface area contributed by atoms with Crippen LogP contribution in [0.2, 0.25) is 0 Å². The van der Waals surface area contributed by atoms with Gasteiger partial charge in [-0.3, -0.25) is 0 Å². The van der Waals surface area contributed by atoms with E-state index in [2.05, 4.69) is 36.2 Å². The van der Waals surface area contributed by atoms with E-state index in [9.17, 15) is 0 Å². The number of aromatic amines is 1.